The van der Waals surface area contributed by atoms with Crippen molar-refractivity contribution in [2.45, 2.75) is 65.6 Å². The monoisotopic (exact) mass is 526 g/mol. The minimum atomic E-state index is -0.515. The summed E-state index contributed by atoms with van der Waals surface area (Å²) in [6.45, 7) is 20.2. The first-order chi connectivity index (χ1) is 12.9. The van der Waals surface area contributed by atoms with E-state index in [1.54, 1.807) is 0 Å². The fourth-order valence-electron chi connectivity index (χ4n) is 2.87. The Morgan fingerprint density at radius 2 is 1.69 bits per heavy atom. The van der Waals surface area contributed by atoms with Gasteiger partial charge < -0.3 is 25.6 Å². The van der Waals surface area contributed by atoms with Crippen molar-refractivity contribution in [1.29, 1.82) is 0 Å². The van der Waals surface area contributed by atoms with E-state index >= 15 is 0 Å². The van der Waals surface area contributed by atoms with Crippen LogP contribution in [0.2, 0.25) is 0 Å². The van der Waals surface area contributed by atoms with Crippen LogP contribution in [0.25, 0.3) is 0 Å². The van der Waals surface area contributed by atoms with E-state index in [2.05, 4.69) is 44.7 Å². The fourth-order valence-corrected chi connectivity index (χ4v) is 2.87. The Kier molecular flexibility index (Phi) is 12.4. The zero-order valence-electron chi connectivity index (χ0n) is 19.6. The molecule has 0 aromatic rings. The van der Waals surface area contributed by atoms with Gasteiger partial charge >= 0.3 is 6.09 Å². The summed E-state index contributed by atoms with van der Waals surface area (Å²) in [6.07, 6.45) is -0.422. The second kappa shape index (κ2) is 12.8. The maximum atomic E-state index is 12.0. The summed E-state index contributed by atoms with van der Waals surface area (Å²) in [4.78, 5) is 21.6. The Balaban J connectivity index is 0.00000784. The average Bonchev–Trinajstić information content (AvgIpc) is 2.55. The van der Waals surface area contributed by atoms with Gasteiger partial charge in [0.15, 0.2) is 5.96 Å². The van der Waals surface area contributed by atoms with Crippen LogP contribution in [0.5, 0.6) is 0 Å². The van der Waals surface area contributed by atoms with Crippen LogP contribution in [-0.2, 0) is 4.74 Å². The first-order valence-corrected chi connectivity index (χ1v) is 10.4. The molecule has 29 heavy (non-hydrogen) atoms. The van der Waals surface area contributed by atoms with Gasteiger partial charge in [0.05, 0.1) is 12.1 Å². The molecule has 1 atom stereocenters. The number of rotatable bonds is 7. The molecule has 1 amide bonds. The number of guanidine groups is 1. The molecule has 9 heteroatoms. The van der Waals surface area contributed by atoms with Crippen LogP contribution in [0.4, 0.5) is 4.79 Å². The van der Waals surface area contributed by atoms with Gasteiger partial charge in [-0.3, -0.25) is 9.89 Å². The highest BCUT2D eigenvalue weighted by Crippen LogP contribution is 2.10. The van der Waals surface area contributed by atoms with Crippen LogP contribution >= 0.6 is 24.0 Å². The summed E-state index contributed by atoms with van der Waals surface area (Å²) in [5.74, 6) is 0.766. The number of likely N-dealkylation sites (N-methyl/N-ethyl adjacent to an activating group) is 1. The van der Waals surface area contributed by atoms with Crippen molar-refractivity contribution in [3.05, 3.63) is 0 Å². The molecular weight excluding hydrogens is 483 g/mol. The van der Waals surface area contributed by atoms with Gasteiger partial charge in [0.1, 0.15) is 5.60 Å². The second-order valence-corrected chi connectivity index (χ2v) is 9.28. The van der Waals surface area contributed by atoms with Crippen LogP contribution in [0, 0.1) is 0 Å². The highest BCUT2D eigenvalue weighted by molar-refractivity contribution is 14.0. The molecule has 3 N–H and O–H groups in total. The number of carbonyl (C=O) groups excluding carboxylic acids is 1. The molecule has 0 aliphatic carbocycles. The maximum absolute atomic E-state index is 12.0. The van der Waals surface area contributed by atoms with Crippen LogP contribution in [0.3, 0.4) is 0 Å². The molecule has 0 aromatic carbocycles. The Hall–Kier alpha value is -0.810. The molecule has 0 bridgehead atoms. The van der Waals surface area contributed by atoms with Gasteiger partial charge in [0, 0.05) is 45.3 Å². The lowest BCUT2D eigenvalue weighted by Gasteiger charge is -2.36. The van der Waals surface area contributed by atoms with E-state index in [0.29, 0.717) is 12.6 Å². The predicted molar refractivity (Wildman–Crippen MR) is 131 cm³/mol. The number of carbonyl (C=O) groups is 1. The van der Waals surface area contributed by atoms with Crippen LogP contribution in [-0.4, -0.2) is 91.9 Å². The Bertz CT molecular complexity index is 514. The van der Waals surface area contributed by atoms with Gasteiger partial charge in [-0.15, -0.1) is 24.0 Å². The molecule has 0 radical (unpaired) electrons. The maximum Gasteiger partial charge on any atom is 0.408 e. The molecule has 0 spiro atoms. The van der Waals surface area contributed by atoms with Gasteiger partial charge in [-0.2, -0.15) is 0 Å². The van der Waals surface area contributed by atoms with Crippen molar-refractivity contribution < 1.29 is 9.53 Å². The summed E-state index contributed by atoms with van der Waals surface area (Å²) in [6, 6.07) is 0.436. The number of nitrogens with zero attached hydrogens (tertiary/aromatic N) is 3. The number of alkyl carbamates (subject to hydrolysis) is 1. The van der Waals surface area contributed by atoms with E-state index in [1.807, 2.05) is 41.5 Å². The third-order valence-corrected chi connectivity index (χ3v) is 4.54. The van der Waals surface area contributed by atoms with Gasteiger partial charge in [-0.1, -0.05) is 0 Å². The van der Waals surface area contributed by atoms with E-state index in [0.717, 1.165) is 45.2 Å². The first kappa shape index (κ1) is 28.2. The van der Waals surface area contributed by atoms with Crippen molar-refractivity contribution in [2.75, 3.05) is 52.9 Å². The highest BCUT2D eigenvalue weighted by Gasteiger charge is 2.25. The van der Waals surface area contributed by atoms with Gasteiger partial charge in [-0.25, -0.2) is 4.79 Å². The van der Waals surface area contributed by atoms with Crippen molar-refractivity contribution in [2.24, 2.45) is 4.99 Å². The SMILES string of the molecule is CCNC(=NCC(C)(C)NC(=O)OC(C)(C)C)NCC(C)N1CCN(C)CC1.I. The lowest BCUT2D eigenvalue weighted by Crippen LogP contribution is -2.52. The quantitative estimate of drug-likeness (QED) is 0.268. The number of nitrogens with one attached hydrogen (secondary N) is 3. The number of aliphatic imine (C=N–C) groups is 1. The molecule has 1 rings (SSSR count). The topological polar surface area (TPSA) is 81.2 Å². The standard InChI is InChI=1S/C20H42N6O2.HI/c1-9-21-17(22-14-16(2)26-12-10-25(8)11-13-26)23-15-20(6,7)24-18(27)28-19(3,4)5;/h16H,9-15H2,1-8H3,(H,24,27)(H2,21,22,23);1H. The summed E-state index contributed by atoms with van der Waals surface area (Å²) >= 11 is 0. The zero-order valence-corrected chi connectivity index (χ0v) is 21.9. The molecule has 1 heterocycles. The third-order valence-electron chi connectivity index (χ3n) is 4.54. The number of halogens is 1. The number of amides is 1. The molecule has 1 unspecified atom stereocenters. The second-order valence-electron chi connectivity index (χ2n) is 9.28. The minimum Gasteiger partial charge on any atom is -0.444 e. The Labute approximate surface area is 194 Å². The molecule has 0 saturated carbocycles. The molecule has 1 aliphatic rings. The largest absolute Gasteiger partial charge is 0.444 e. The van der Waals surface area contributed by atoms with Crippen molar-refractivity contribution in [1.82, 2.24) is 25.8 Å². The molecule has 172 valence electrons. The summed E-state index contributed by atoms with van der Waals surface area (Å²) in [7, 11) is 2.17. The average molecular weight is 527 g/mol. The fraction of sp³-hybridized carbons (Fsp3) is 0.900. The van der Waals surface area contributed by atoms with Gasteiger partial charge in [-0.05, 0) is 55.5 Å². The lowest BCUT2D eigenvalue weighted by molar-refractivity contribution is 0.0476. The summed E-state index contributed by atoms with van der Waals surface area (Å²) in [5.41, 5.74) is -1.02. The van der Waals surface area contributed by atoms with Crippen molar-refractivity contribution >= 4 is 36.0 Å². The van der Waals surface area contributed by atoms with E-state index < -0.39 is 17.2 Å². The van der Waals surface area contributed by atoms with Crippen LogP contribution in [0.1, 0.15) is 48.5 Å². The summed E-state index contributed by atoms with van der Waals surface area (Å²) < 4.78 is 5.34. The third kappa shape index (κ3) is 12.5. The number of hydrogen-bond acceptors (Lipinski definition) is 5. The molecule has 1 fully saturated rings. The Morgan fingerprint density at radius 3 is 2.21 bits per heavy atom. The molecule has 1 saturated heterocycles. The van der Waals surface area contributed by atoms with Crippen molar-refractivity contribution in [3.63, 3.8) is 0 Å². The van der Waals surface area contributed by atoms with Gasteiger partial charge in [0.2, 0.25) is 0 Å². The first-order valence-electron chi connectivity index (χ1n) is 10.4. The molecule has 8 nitrogen and oxygen atoms in total. The van der Waals surface area contributed by atoms with Crippen LogP contribution in [0.15, 0.2) is 4.99 Å². The number of piperazine rings is 1. The predicted octanol–water partition coefficient (Wildman–Crippen LogP) is 2.10. The number of ether oxygens (including phenoxy) is 1. The minimum absolute atomic E-state index is 0. The van der Waals surface area contributed by atoms with E-state index in [-0.39, 0.29) is 24.0 Å². The smallest absolute Gasteiger partial charge is 0.408 e. The van der Waals surface area contributed by atoms with E-state index in [1.165, 1.54) is 0 Å². The number of hydrogen-bond donors (Lipinski definition) is 3. The zero-order chi connectivity index (χ0) is 21.4. The van der Waals surface area contributed by atoms with E-state index in [4.69, 9.17) is 4.74 Å². The van der Waals surface area contributed by atoms with Crippen molar-refractivity contribution in [3.8, 4) is 0 Å². The highest BCUT2D eigenvalue weighted by atomic mass is 127. The summed E-state index contributed by atoms with van der Waals surface area (Å²) in [5, 5.41) is 9.61. The van der Waals surface area contributed by atoms with Crippen LogP contribution < -0.4 is 16.0 Å². The van der Waals surface area contributed by atoms with Gasteiger partial charge in [0.25, 0.3) is 0 Å². The Morgan fingerprint density at radius 1 is 1.10 bits per heavy atom. The lowest BCUT2D eigenvalue weighted by atomic mass is 10.1. The van der Waals surface area contributed by atoms with E-state index in [9.17, 15) is 4.79 Å². The molecule has 1 aliphatic heterocycles. The molecule has 0 aromatic heterocycles. The normalized spacial score (nSPS) is 17.9. The molecular formula is C20H43IN6O2.